The van der Waals surface area contributed by atoms with Crippen molar-refractivity contribution in [3.05, 3.63) is 83.0 Å². The molecular formula is C32H30N6O2S. The number of carbonyl (C=O) groups excluding carboxylic acids is 1. The van der Waals surface area contributed by atoms with E-state index in [0.717, 1.165) is 80.5 Å². The molecule has 41 heavy (non-hydrogen) atoms. The highest BCUT2D eigenvalue weighted by atomic mass is 32.1. The van der Waals surface area contributed by atoms with Crippen molar-refractivity contribution < 1.29 is 9.53 Å². The van der Waals surface area contributed by atoms with E-state index in [-0.39, 0.29) is 11.8 Å². The lowest BCUT2D eigenvalue weighted by atomic mass is 9.86. The molecule has 1 aliphatic rings. The van der Waals surface area contributed by atoms with Gasteiger partial charge in [0.2, 0.25) is 0 Å². The lowest BCUT2D eigenvalue weighted by Crippen LogP contribution is -2.27. The van der Waals surface area contributed by atoms with Crippen LogP contribution in [0.5, 0.6) is 0 Å². The first-order chi connectivity index (χ1) is 20.0. The van der Waals surface area contributed by atoms with E-state index < -0.39 is 0 Å². The second-order valence-electron chi connectivity index (χ2n) is 10.7. The van der Waals surface area contributed by atoms with Crippen LogP contribution in [0.15, 0.2) is 66.9 Å². The van der Waals surface area contributed by atoms with E-state index in [1.54, 1.807) is 11.6 Å². The SMILES string of the molecule is CC(=O)c1ccc(-c2ccc3c4ncc(-c5c(C)nnn5C)cc4n([C@H](c4ccccc4)C4CCOCC4)c3n2)s1. The predicted molar refractivity (Wildman–Crippen MR) is 161 cm³/mol. The summed E-state index contributed by atoms with van der Waals surface area (Å²) in [6, 6.07) is 21.0. The summed E-state index contributed by atoms with van der Waals surface area (Å²) in [4.78, 5) is 24.0. The van der Waals surface area contributed by atoms with E-state index in [4.69, 9.17) is 14.7 Å². The number of aromatic nitrogens is 6. The second kappa shape index (κ2) is 10.3. The van der Waals surface area contributed by atoms with Crippen molar-refractivity contribution in [2.75, 3.05) is 13.2 Å². The van der Waals surface area contributed by atoms with Gasteiger partial charge in [-0.3, -0.25) is 9.78 Å². The van der Waals surface area contributed by atoms with Gasteiger partial charge in [0, 0.05) is 37.4 Å². The number of aryl methyl sites for hydroxylation is 2. The van der Waals surface area contributed by atoms with Gasteiger partial charge in [-0.2, -0.15) is 0 Å². The fourth-order valence-corrected chi connectivity index (χ4v) is 7.03. The van der Waals surface area contributed by atoms with Gasteiger partial charge < -0.3 is 9.30 Å². The Balaban J connectivity index is 1.53. The van der Waals surface area contributed by atoms with Crippen LogP contribution in [0, 0.1) is 12.8 Å². The Morgan fingerprint density at radius 3 is 2.59 bits per heavy atom. The maximum atomic E-state index is 12.0. The van der Waals surface area contributed by atoms with E-state index in [0.29, 0.717) is 5.92 Å². The Labute approximate surface area is 241 Å². The quantitative estimate of drug-likeness (QED) is 0.212. The molecule has 0 bridgehead atoms. The van der Waals surface area contributed by atoms with Gasteiger partial charge in [0.25, 0.3) is 0 Å². The van der Waals surface area contributed by atoms with Crippen LogP contribution in [-0.4, -0.2) is 48.5 Å². The number of Topliss-reactive ketones (excluding diaryl/α,β-unsaturated/α-hetero) is 1. The van der Waals surface area contributed by atoms with Crippen molar-refractivity contribution in [3.63, 3.8) is 0 Å². The zero-order valence-corrected chi connectivity index (χ0v) is 24.1. The number of fused-ring (bicyclic) bond motifs is 3. The Hall–Kier alpha value is -4.21. The minimum atomic E-state index is 0.0433. The van der Waals surface area contributed by atoms with Crippen LogP contribution in [-0.2, 0) is 11.8 Å². The molecule has 1 fully saturated rings. The highest BCUT2D eigenvalue weighted by molar-refractivity contribution is 7.17. The van der Waals surface area contributed by atoms with Crippen molar-refractivity contribution in [2.24, 2.45) is 13.0 Å². The van der Waals surface area contributed by atoms with Gasteiger partial charge in [-0.05, 0) is 68.5 Å². The van der Waals surface area contributed by atoms with Crippen LogP contribution in [0.2, 0.25) is 0 Å². The summed E-state index contributed by atoms with van der Waals surface area (Å²) in [5, 5.41) is 9.53. The van der Waals surface area contributed by atoms with Crippen molar-refractivity contribution in [3.8, 4) is 21.8 Å². The van der Waals surface area contributed by atoms with Crippen molar-refractivity contribution in [1.82, 2.24) is 29.5 Å². The number of hydrogen-bond donors (Lipinski definition) is 0. The Morgan fingerprint density at radius 1 is 1.07 bits per heavy atom. The van der Waals surface area contributed by atoms with E-state index in [1.165, 1.54) is 16.9 Å². The Morgan fingerprint density at radius 2 is 1.88 bits per heavy atom. The number of ketones is 1. The summed E-state index contributed by atoms with van der Waals surface area (Å²) < 4.78 is 9.99. The highest BCUT2D eigenvalue weighted by Gasteiger charge is 2.31. The monoisotopic (exact) mass is 562 g/mol. The van der Waals surface area contributed by atoms with Gasteiger partial charge in [0.05, 0.1) is 43.9 Å². The van der Waals surface area contributed by atoms with Crippen LogP contribution >= 0.6 is 11.3 Å². The average Bonchev–Trinajstić information content (AvgIpc) is 3.70. The molecule has 0 aliphatic carbocycles. The van der Waals surface area contributed by atoms with E-state index in [9.17, 15) is 4.79 Å². The molecule has 0 saturated carbocycles. The van der Waals surface area contributed by atoms with Gasteiger partial charge in [0.15, 0.2) is 5.78 Å². The second-order valence-corrected chi connectivity index (χ2v) is 11.8. The normalized spacial score (nSPS) is 15.1. The van der Waals surface area contributed by atoms with Crippen LogP contribution < -0.4 is 0 Å². The fourth-order valence-electron chi connectivity index (χ4n) is 6.16. The van der Waals surface area contributed by atoms with E-state index in [2.05, 4.69) is 57.3 Å². The zero-order chi connectivity index (χ0) is 28.1. The third kappa shape index (κ3) is 4.45. The van der Waals surface area contributed by atoms with Crippen LogP contribution in [0.3, 0.4) is 0 Å². The third-order valence-corrected chi connectivity index (χ3v) is 9.30. The molecule has 1 aromatic carbocycles. The zero-order valence-electron chi connectivity index (χ0n) is 23.2. The molecular weight excluding hydrogens is 532 g/mol. The lowest BCUT2D eigenvalue weighted by molar-refractivity contribution is 0.0552. The van der Waals surface area contributed by atoms with Gasteiger partial charge >= 0.3 is 0 Å². The third-order valence-electron chi connectivity index (χ3n) is 8.09. The molecule has 0 radical (unpaired) electrons. The topological polar surface area (TPSA) is 87.7 Å². The largest absolute Gasteiger partial charge is 0.381 e. The first-order valence-corrected chi connectivity index (χ1v) is 14.7. The summed E-state index contributed by atoms with van der Waals surface area (Å²) in [6.07, 6.45) is 3.84. The summed E-state index contributed by atoms with van der Waals surface area (Å²) in [5.74, 6) is 0.432. The molecule has 5 aromatic heterocycles. The molecule has 206 valence electrons. The number of pyridine rings is 2. The minimum absolute atomic E-state index is 0.0433. The van der Waals surface area contributed by atoms with Gasteiger partial charge in [-0.25, -0.2) is 9.67 Å². The van der Waals surface area contributed by atoms with Gasteiger partial charge in [-0.1, -0.05) is 35.5 Å². The molecule has 1 aliphatic heterocycles. The molecule has 0 spiro atoms. The molecule has 7 rings (SSSR count). The van der Waals surface area contributed by atoms with Crippen molar-refractivity contribution >= 4 is 39.2 Å². The van der Waals surface area contributed by atoms with Crippen molar-refractivity contribution in [2.45, 2.75) is 32.7 Å². The highest BCUT2D eigenvalue weighted by Crippen LogP contribution is 2.41. The molecule has 8 nitrogen and oxygen atoms in total. The van der Waals surface area contributed by atoms with Gasteiger partial charge in [0.1, 0.15) is 5.65 Å². The number of carbonyl (C=O) groups is 1. The Kier molecular flexibility index (Phi) is 6.48. The molecule has 0 unspecified atom stereocenters. The molecule has 0 N–H and O–H groups in total. The summed E-state index contributed by atoms with van der Waals surface area (Å²) in [7, 11) is 1.91. The fraction of sp³-hybridized carbons (Fsp3) is 0.281. The number of rotatable bonds is 6. The maximum Gasteiger partial charge on any atom is 0.169 e. The lowest BCUT2D eigenvalue weighted by Gasteiger charge is -2.32. The summed E-state index contributed by atoms with van der Waals surface area (Å²) in [5.41, 5.74) is 7.70. The maximum absolute atomic E-state index is 12.0. The first-order valence-electron chi connectivity index (χ1n) is 13.9. The first kappa shape index (κ1) is 25.7. The molecule has 0 amide bonds. The number of ether oxygens (including phenoxy) is 1. The van der Waals surface area contributed by atoms with Crippen LogP contribution in [0.25, 0.3) is 43.9 Å². The average molecular weight is 563 g/mol. The molecule has 6 heterocycles. The molecule has 6 aromatic rings. The number of hydrogen-bond acceptors (Lipinski definition) is 7. The van der Waals surface area contributed by atoms with Crippen LogP contribution in [0.4, 0.5) is 0 Å². The smallest absolute Gasteiger partial charge is 0.169 e. The van der Waals surface area contributed by atoms with E-state index in [1.807, 2.05) is 38.4 Å². The van der Waals surface area contributed by atoms with Crippen LogP contribution in [0.1, 0.15) is 46.7 Å². The summed E-state index contributed by atoms with van der Waals surface area (Å²) >= 11 is 1.48. The number of thiophene rings is 1. The molecule has 1 atom stereocenters. The number of nitrogens with zero attached hydrogens (tertiary/aromatic N) is 6. The summed E-state index contributed by atoms with van der Waals surface area (Å²) in [6.45, 7) is 5.07. The van der Waals surface area contributed by atoms with Gasteiger partial charge in [-0.15, -0.1) is 16.4 Å². The van der Waals surface area contributed by atoms with Crippen molar-refractivity contribution in [1.29, 1.82) is 0 Å². The molecule has 1 saturated heterocycles. The number of benzene rings is 1. The van der Waals surface area contributed by atoms with E-state index >= 15 is 0 Å². The molecule has 9 heteroatoms. The minimum Gasteiger partial charge on any atom is -0.381 e. The standard InChI is InChI=1S/C32H30N6O2S/c1-19-30(37(3)36-35-19)23-17-26-29(33-18-23)24-9-10-25(28-12-11-27(41-28)20(2)39)34-32(24)38(26)31(21-7-5-4-6-8-21)22-13-15-40-16-14-22/h4-12,17-18,22,31H,13-16H2,1-3H3/t31-/m1/s1. The predicted octanol–water partition coefficient (Wildman–Crippen LogP) is 6.64. The Bertz CT molecular complexity index is 1880.